The van der Waals surface area contributed by atoms with Crippen LogP contribution in [0, 0.1) is 0 Å². The summed E-state index contributed by atoms with van der Waals surface area (Å²) in [6, 6.07) is 3.37. The van der Waals surface area contributed by atoms with Crippen molar-refractivity contribution in [3.05, 3.63) is 23.2 Å². The van der Waals surface area contributed by atoms with Crippen LogP contribution in [-0.4, -0.2) is 25.5 Å². The van der Waals surface area contributed by atoms with Crippen molar-refractivity contribution in [3.63, 3.8) is 0 Å². The summed E-state index contributed by atoms with van der Waals surface area (Å²) in [6.07, 6.45) is -4.77. The molecule has 0 aromatic heterocycles. The van der Waals surface area contributed by atoms with Crippen LogP contribution in [0.4, 0.5) is 18.9 Å². The van der Waals surface area contributed by atoms with Crippen LogP contribution in [0.15, 0.2) is 18.2 Å². The smallest absolute Gasteiger partial charge is 0.465 e. The summed E-state index contributed by atoms with van der Waals surface area (Å²) in [5.74, 6) is -0.923. The van der Waals surface area contributed by atoms with E-state index in [1.807, 2.05) is 0 Å². The lowest BCUT2D eigenvalue weighted by Crippen LogP contribution is -2.18. The summed E-state index contributed by atoms with van der Waals surface area (Å²) >= 11 is 5.76. The van der Waals surface area contributed by atoms with Gasteiger partial charge in [0.1, 0.15) is 12.3 Å². The van der Waals surface area contributed by atoms with Gasteiger partial charge in [0.2, 0.25) is 0 Å². The average Bonchev–Trinajstić information content (AvgIpc) is 2.26. The normalized spacial score (nSPS) is 11.0. The van der Waals surface area contributed by atoms with Crippen molar-refractivity contribution in [3.8, 4) is 5.75 Å². The fraction of sp³-hybridized carbons (Fsp3) is 0.364. The highest BCUT2D eigenvalue weighted by Gasteiger charge is 2.31. The van der Waals surface area contributed by atoms with Crippen LogP contribution < -0.4 is 10.1 Å². The molecule has 1 aromatic rings. The summed E-state index contributed by atoms with van der Waals surface area (Å²) in [4.78, 5) is 11.1. The molecule has 1 rings (SSSR count). The van der Waals surface area contributed by atoms with Gasteiger partial charge in [0.25, 0.3) is 0 Å². The largest absolute Gasteiger partial charge is 0.573 e. The number of anilines is 1. The maximum absolute atomic E-state index is 12.0. The van der Waals surface area contributed by atoms with Gasteiger partial charge in [-0.3, -0.25) is 4.79 Å². The van der Waals surface area contributed by atoms with Gasteiger partial charge < -0.3 is 14.8 Å². The fourth-order valence-electron chi connectivity index (χ4n) is 1.22. The molecule has 0 aliphatic heterocycles. The van der Waals surface area contributed by atoms with Crippen molar-refractivity contribution >= 4 is 23.3 Å². The Morgan fingerprint density at radius 3 is 2.63 bits per heavy atom. The van der Waals surface area contributed by atoms with Crippen LogP contribution in [0.3, 0.4) is 0 Å². The molecule has 1 N–H and O–H groups in total. The molecule has 4 nitrogen and oxygen atoms in total. The minimum atomic E-state index is -4.77. The maximum Gasteiger partial charge on any atom is 0.573 e. The molecular weight excluding hydrogens is 287 g/mol. The molecule has 0 radical (unpaired) electrons. The number of carbonyl (C=O) groups excluding carboxylic acids is 1. The Bertz CT molecular complexity index is 451. The van der Waals surface area contributed by atoms with Gasteiger partial charge in [-0.05, 0) is 19.1 Å². The Labute approximate surface area is 112 Å². The van der Waals surface area contributed by atoms with Gasteiger partial charge in [-0.2, -0.15) is 0 Å². The second kappa shape index (κ2) is 6.51. The predicted molar refractivity (Wildman–Crippen MR) is 63.3 cm³/mol. The second-order valence-electron chi connectivity index (χ2n) is 3.35. The van der Waals surface area contributed by atoms with E-state index in [4.69, 9.17) is 11.6 Å². The standard InChI is InChI=1S/C11H11ClF3NO3/c1-2-18-10(17)6-16-9-4-3-7(5-8(9)12)19-11(13,14)15/h3-5,16H,2,6H2,1H3. The topological polar surface area (TPSA) is 47.6 Å². The second-order valence-corrected chi connectivity index (χ2v) is 3.76. The third kappa shape index (κ3) is 5.69. The zero-order chi connectivity index (χ0) is 14.5. The molecule has 0 amide bonds. The van der Waals surface area contributed by atoms with E-state index in [0.29, 0.717) is 5.69 Å². The lowest BCUT2D eigenvalue weighted by molar-refractivity contribution is -0.274. The molecule has 0 unspecified atom stereocenters. The van der Waals surface area contributed by atoms with Crippen molar-refractivity contribution in [2.75, 3.05) is 18.5 Å². The van der Waals surface area contributed by atoms with Gasteiger partial charge in [0.05, 0.1) is 17.3 Å². The number of halogens is 4. The zero-order valence-electron chi connectivity index (χ0n) is 9.88. The van der Waals surface area contributed by atoms with Gasteiger partial charge in [-0.25, -0.2) is 0 Å². The van der Waals surface area contributed by atoms with Crippen LogP contribution in [0.1, 0.15) is 6.92 Å². The van der Waals surface area contributed by atoms with Crippen molar-refractivity contribution in [2.24, 2.45) is 0 Å². The summed E-state index contributed by atoms with van der Waals surface area (Å²) in [6.45, 7) is 1.77. The van der Waals surface area contributed by atoms with Crippen molar-refractivity contribution in [1.29, 1.82) is 0 Å². The van der Waals surface area contributed by atoms with E-state index in [1.54, 1.807) is 6.92 Å². The molecule has 0 fully saturated rings. The third-order valence-electron chi connectivity index (χ3n) is 1.90. The molecular formula is C11H11ClF3NO3. The molecule has 0 aliphatic rings. The fourth-order valence-corrected chi connectivity index (χ4v) is 1.45. The van der Waals surface area contributed by atoms with E-state index >= 15 is 0 Å². The first-order chi connectivity index (χ1) is 8.81. The number of hydrogen-bond acceptors (Lipinski definition) is 4. The maximum atomic E-state index is 12.0. The first kappa shape index (κ1) is 15.4. The first-order valence-electron chi connectivity index (χ1n) is 5.26. The number of rotatable bonds is 5. The van der Waals surface area contributed by atoms with E-state index in [0.717, 1.165) is 12.1 Å². The summed E-state index contributed by atoms with van der Waals surface area (Å²) in [7, 11) is 0. The van der Waals surface area contributed by atoms with Crippen LogP contribution >= 0.6 is 11.6 Å². The highest BCUT2D eigenvalue weighted by molar-refractivity contribution is 6.33. The molecule has 0 aliphatic carbocycles. The van der Waals surface area contributed by atoms with Crippen molar-refractivity contribution < 1.29 is 27.4 Å². The number of hydrogen-bond donors (Lipinski definition) is 1. The lowest BCUT2D eigenvalue weighted by atomic mass is 10.3. The number of esters is 1. The molecule has 0 spiro atoms. The van der Waals surface area contributed by atoms with Crippen molar-refractivity contribution in [2.45, 2.75) is 13.3 Å². The zero-order valence-corrected chi connectivity index (χ0v) is 10.6. The third-order valence-corrected chi connectivity index (χ3v) is 2.22. The average molecular weight is 298 g/mol. The van der Waals surface area contributed by atoms with E-state index in [2.05, 4.69) is 14.8 Å². The minimum Gasteiger partial charge on any atom is -0.465 e. The highest BCUT2D eigenvalue weighted by atomic mass is 35.5. The Morgan fingerprint density at radius 1 is 1.42 bits per heavy atom. The van der Waals surface area contributed by atoms with Crippen LogP contribution in [0.2, 0.25) is 5.02 Å². The number of carbonyl (C=O) groups is 1. The molecule has 0 atom stereocenters. The lowest BCUT2D eigenvalue weighted by Gasteiger charge is -2.11. The van der Waals surface area contributed by atoms with Crippen LogP contribution in [-0.2, 0) is 9.53 Å². The number of nitrogens with one attached hydrogen (secondary N) is 1. The first-order valence-corrected chi connectivity index (χ1v) is 5.64. The van der Waals surface area contributed by atoms with Gasteiger partial charge in [-0.15, -0.1) is 13.2 Å². The number of alkyl halides is 3. The summed E-state index contributed by atoms with van der Waals surface area (Å²) < 4.78 is 44.3. The molecule has 0 saturated heterocycles. The molecule has 8 heteroatoms. The number of benzene rings is 1. The van der Waals surface area contributed by atoms with E-state index in [9.17, 15) is 18.0 Å². The monoisotopic (exact) mass is 297 g/mol. The summed E-state index contributed by atoms with van der Waals surface area (Å²) in [5, 5.41) is 2.65. The SMILES string of the molecule is CCOC(=O)CNc1ccc(OC(F)(F)F)cc1Cl. The molecule has 106 valence electrons. The number of ether oxygens (including phenoxy) is 2. The minimum absolute atomic E-state index is 0.00560. The van der Waals surface area contributed by atoms with Gasteiger partial charge >= 0.3 is 12.3 Å². The van der Waals surface area contributed by atoms with Crippen molar-refractivity contribution in [1.82, 2.24) is 0 Å². The highest BCUT2D eigenvalue weighted by Crippen LogP contribution is 2.30. The van der Waals surface area contributed by atoms with Gasteiger partial charge in [0.15, 0.2) is 0 Å². The molecule has 0 saturated carbocycles. The Morgan fingerprint density at radius 2 is 2.11 bits per heavy atom. The molecule has 0 heterocycles. The molecule has 1 aromatic carbocycles. The van der Waals surface area contributed by atoms with E-state index < -0.39 is 18.1 Å². The van der Waals surface area contributed by atoms with Crippen LogP contribution in [0.5, 0.6) is 5.75 Å². The quantitative estimate of drug-likeness (QED) is 0.848. The Balaban J connectivity index is 2.64. The van der Waals surface area contributed by atoms with E-state index in [-0.39, 0.29) is 18.2 Å². The van der Waals surface area contributed by atoms with E-state index in [1.165, 1.54) is 6.07 Å². The molecule has 19 heavy (non-hydrogen) atoms. The predicted octanol–water partition coefficient (Wildman–Crippen LogP) is 3.21. The van der Waals surface area contributed by atoms with Crippen LogP contribution in [0.25, 0.3) is 0 Å². The van der Waals surface area contributed by atoms with Gasteiger partial charge in [-0.1, -0.05) is 11.6 Å². The Kier molecular flexibility index (Phi) is 5.29. The van der Waals surface area contributed by atoms with Gasteiger partial charge in [0, 0.05) is 6.07 Å². The molecule has 0 bridgehead atoms. The summed E-state index contributed by atoms with van der Waals surface area (Å²) in [5.41, 5.74) is 0.309. The Hall–Kier alpha value is -1.63.